The molecule has 0 aliphatic rings. The second-order valence-corrected chi connectivity index (χ2v) is 6.02. The van der Waals surface area contributed by atoms with Crippen molar-refractivity contribution >= 4 is 41.5 Å². The molecule has 0 spiro atoms. The number of guanidine groups is 1. The second-order valence-electron chi connectivity index (χ2n) is 5.58. The van der Waals surface area contributed by atoms with Crippen molar-refractivity contribution in [1.82, 2.24) is 15.6 Å². The maximum absolute atomic E-state index is 5.99. The molecular weight excluding hydrogens is 451 g/mol. The normalized spacial score (nSPS) is 11.0. The van der Waals surface area contributed by atoms with E-state index >= 15 is 0 Å². The zero-order valence-corrected chi connectivity index (χ0v) is 17.7. The van der Waals surface area contributed by atoms with Crippen molar-refractivity contribution in [3.05, 3.63) is 58.7 Å². The Bertz CT molecular complexity index is 677. The van der Waals surface area contributed by atoms with Crippen molar-refractivity contribution in [2.75, 3.05) is 7.05 Å². The summed E-state index contributed by atoms with van der Waals surface area (Å²) < 4.78 is 5.53. The summed E-state index contributed by atoms with van der Waals surface area (Å²) in [6, 6.07) is 11.6. The van der Waals surface area contributed by atoms with Gasteiger partial charge in [-0.2, -0.15) is 0 Å². The molecule has 2 aromatic rings. The Kier molecular flexibility index (Phi) is 9.59. The van der Waals surface area contributed by atoms with E-state index < -0.39 is 0 Å². The maximum Gasteiger partial charge on any atom is 0.213 e. The zero-order chi connectivity index (χ0) is 17.4. The first-order valence-electron chi connectivity index (χ1n) is 7.87. The molecule has 5 nitrogen and oxygen atoms in total. The fourth-order valence-electron chi connectivity index (χ4n) is 2.07. The van der Waals surface area contributed by atoms with E-state index in [9.17, 15) is 0 Å². The quantitative estimate of drug-likeness (QED) is 0.377. The summed E-state index contributed by atoms with van der Waals surface area (Å²) in [5.74, 6) is 1.36. The minimum absolute atomic E-state index is 0. The molecule has 7 heteroatoms. The lowest BCUT2D eigenvalue weighted by Crippen LogP contribution is -2.36. The Hall–Kier alpha value is -1.54. The van der Waals surface area contributed by atoms with Crippen molar-refractivity contribution < 1.29 is 4.74 Å². The molecular formula is C18H24ClIN4O. The van der Waals surface area contributed by atoms with Crippen LogP contribution >= 0.6 is 35.6 Å². The number of hydrogen-bond donors (Lipinski definition) is 2. The lowest BCUT2D eigenvalue weighted by molar-refractivity contribution is 0.232. The second kappa shape index (κ2) is 11.1. The van der Waals surface area contributed by atoms with E-state index in [0.29, 0.717) is 19.0 Å². The highest BCUT2D eigenvalue weighted by Gasteiger charge is 2.02. The highest BCUT2D eigenvalue weighted by Crippen LogP contribution is 2.11. The summed E-state index contributed by atoms with van der Waals surface area (Å²) in [6.07, 6.45) is 1.92. The minimum atomic E-state index is 0. The molecule has 0 atom stereocenters. The van der Waals surface area contributed by atoms with Crippen LogP contribution in [0.1, 0.15) is 25.0 Å². The maximum atomic E-state index is 5.99. The SMILES string of the molecule is CN=C(NCc1ccc(OC(C)C)nc1)NCc1cccc(Cl)c1.I. The third-order valence-corrected chi connectivity index (χ3v) is 3.42. The smallest absolute Gasteiger partial charge is 0.213 e. The van der Waals surface area contributed by atoms with Crippen LogP contribution in [-0.2, 0) is 13.1 Å². The van der Waals surface area contributed by atoms with Crippen LogP contribution in [0.4, 0.5) is 0 Å². The molecule has 1 aromatic carbocycles. The van der Waals surface area contributed by atoms with Gasteiger partial charge in [0.15, 0.2) is 5.96 Å². The highest BCUT2D eigenvalue weighted by molar-refractivity contribution is 14.0. The molecule has 136 valence electrons. The minimum Gasteiger partial charge on any atom is -0.475 e. The summed E-state index contributed by atoms with van der Waals surface area (Å²) in [5, 5.41) is 7.24. The van der Waals surface area contributed by atoms with E-state index in [2.05, 4.69) is 20.6 Å². The molecule has 2 rings (SSSR count). The van der Waals surface area contributed by atoms with E-state index in [1.54, 1.807) is 13.2 Å². The molecule has 1 aromatic heterocycles. The van der Waals surface area contributed by atoms with Crippen molar-refractivity contribution in [3.63, 3.8) is 0 Å². The molecule has 0 radical (unpaired) electrons. The molecule has 0 bridgehead atoms. The fraction of sp³-hybridized carbons (Fsp3) is 0.333. The van der Waals surface area contributed by atoms with Gasteiger partial charge in [-0.3, -0.25) is 4.99 Å². The van der Waals surface area contributed by atoms with Crippen LogP contribution in [0.25, 0.3) is 0 Å². The van der Waals surface area contributed by atoms with Crippen molar-refractivity contribution in [3.8, 4) is 5.88 Å². The van der Waals surface area contributed by atoms with Crippen molar-refractivity contribution in [1.29, 1.82) is 0 Å². The largest absolute Gasteiger partial charge is 0.475 e. The topological polar surface area (TPSA) is 58.5 Å². The summed E-state index contributed by atoms with van der Waals surface area (Å²) in [6.45, 7) is 5.24. The summed E-state index contributed by atoms with van der Waals surface area (Å²) >= 11 is 5.99. The van der Waals surface area contributed by atoms with E-state index in [4.69, 9.17) is 16.3 Å². The van der Waals surface area contributed by atoms with Gasteiger partial charge in [0.1, 0.15) is 0 Å². The van der Waals surface area contributed by atoms with E-state index in [1.807, 2.05) is 50.2 Å². The number of hydrogen-bond acceptors (Lipinski definition) is 3. The van der Waals surface area contributed by atoms with Gasteiger partial charge in [0.2, 0.25) is 5.88 Å². The molecule has 0 aliphatic heterocycles. The number of halogens is 2. The van der Waals surface area contributed by atoms with Gasteiger partial charge in [-0.25, -0.2) is 4.98 Å². The summed E-state index contributed by atoms with van der Waals surface area (Å²) in [5.41, 5.74) is 2.15. The zero-order valence-electron chi connectivity index (χ0n) is 14.6. The average Bonchev–Trinajstić information content (AvgIpc) is 2.56. The number of nitrogens with one attached hydrogen (secondary N) is 2. The standard InChI is InChI=1S/C18H23ClN4O.HI/c1-13(2)24-17-8-7-15(11-21-17)12-23-18(20-3)22-10-14-5-4-6-16(19)9-14;/h4-9,11,13H,10,12H2,1-3H3,(H2,20,22,23);1H. The van der Waals surface area contributed by atoms with Gasteiger partial charge in [-0.1, -0.05) is 29.8 Å². The fourth-order valence-corrected chi connectivity index (χ4v) is 2.28. The highest BCUT2D eigenvalue weighted by atomic mass is 127. The van der Waals surface area contributed by atoms with Crippen LogP contribution in [0, 0.1) is 0 Å². The molecule has 0 saturated carbocycles. The van der Waals surface area contributed by atoms with E-state index in [1.165, 1.54) is 0 Å². The number of pyridine rings is 1. The lowest BCUT2D eigenvalue weighted by atomic mass is 10.2. The Balaban J connectivity index is 0.00000312. The van der Waals surface area contributed by atoms with Gasteiger partial charge in [-0.05, 0) is 37.1 Å². The van der Waals surface area contributed by atoms with Crippen LogP contribution in [0.3, 0.4) is 0 Å². The third kappa shape index (κ3) is 7.92. The monoisotopic (exact) mass is 474 g/mol. The summed E-state index contributed by atoms with van der Waals surface area (Å²) in [4.78, 5) is 8.50. The Labute approximate surface area is 171 Å². The third-order valence-electron chi connectivity index (χ3n) is 3.19. The van der Waals surface area contributed by atoms with Crippen LogP contribution < -0.4 is 15.4 Å². The van der Waals surface area contributed by atoms with Gasteiger partial charge in [0.05, 0.1) is 6.10 Å². The number of aliphatic imine (C=N–C) groups is 1. The van der Waals surface area contributed by atoms with Crippen LogP contribution in [0.15, 0.2) is 47.6 Å². The molecule has 0 fully saturated rings. The van der Waals surface area contributed by atoms with Gasteiger partial charge < -0.3 is 15.4 Å². The molecule has 1 heterocycles. The van der Waals surface area contributed by atoms with Crippen molar-refractivity contribution in [2.45, 2.75) is 33.0 Å². The Morgan fingerprint density at radius 2 is 1.88 bits per heavy atom. The lowest BCUT2D eigenvalue weighted by Gasteiger charge is -2.13. The average molecular weight is 475 g/mol. The van der Waals surface area contributed by atoms with E-state index in [0.717, 1.165) is 22.1 Å². The van der Waals surface area contributed by atoms with Crippen LogP contribution in [-0.4, -0.2) is 24.1 Å². The molecule has 0 unspecified atom stereocenters. The number of aromatic nitrogens is 1. The van der Waals surface area contributed by atoms with Crippen LogP contribution in [0.2, 0.25) is 5.02 Å². The van der Waals surface area contributed by atoms with Gasteiger partial charge in [-0.15, -0.1) is 24.0 Å². The first kappa shape index (κ1) is 21.5. The number of ether oxygens (including phenoxy) is 1. The van der Waals surface area contributed by atoms with E-state index in [-0.39, 0.29) is 30.1 Å². The number of rotatable bonds is 6. The molecule has 2 N–H and O–H groups in total. The molecule has 25 heavy (non-hydrogen) atoms. The Morgan fingerprint density at radius 1 is 1.16 bits per heavy atom. The number of nitrogens with zero attached hydrogens (tertiary/aromatic N) is 2. The Morgan fingerprint density at radius 3 is 2.44 bits per heavy atom. The van der Waals surface area contributed by atoms with Gasteiger partial charge >= 0.3 is 0 Å². The summed E-state index contributed by atoms with van der Waals surface area (Å²) in [7, 11) is 1.74. The number of benzene rings is 1. The molecule has 0 aliphatic carbocycles. The molecule has 0 amide bonds. The predicted octanol–water partition coefficient (Wildman–Crippen LogP) is 4.01. The van der Waals surface area contributed by atoms with Crippen LogP contribution in [0.5, 0.6) is 5.88 Å². The first-order chi connectivity index (χ1) is 11.6. The van der Waals surface area contributed by atoms with Gasteiger partial charge in [0.25, 0.3) is 0 Å². The predicted molar refractivity (Wildman–Crippen MR) is 114 cm³/mol. The van der Waals surface area contributed by atoms with Crippen molar-refractivity contribution in [2.24, 2.45) is 4.99 Å². The van der Waals surface area contributed by atoms with Gasteiger partial charge in [0, 0.05) is 37.4 Å². The first-order valence-corrected chi connectivity index (χ1v) is 8.25. The molecule has 0 saturated heterocycles.